The highest BCUT2D eigenvalue weighted by atomic mass is 35.5. The summed E-state index contributed by atoms with van der Waals surface area (Å²) in [4.78, 5) is 0. The zero-order valence-corrected chi connectivity index (χ0v) is 14.3. The van der Waals surface area contributed by atoms with Crippen molar-refractivity contribution >= 4 is 23.0 Å². The monoisotopic (exact) mass is 354 g/mol. The number of anilines is 1. The molecule has 0 amide bonds. The summed E-state index contributed by atoms with van der Waals surface area (Å²) in [7, 11) is 1.40. The first-order chi connectivity index (χ1) is 12.2. The minimum Gasteiger partial charge on any atom is -0.492 e. The second-order valence-electron chi connectivity index (χ2n) is 5.27. The van der Waals surface area contributed by atoms with E-state index >= 15 is 0 Å². The third-order valence-corrected chi connectivity index (χ3v) is 3.81. The Labute approximate surface area is 150 Å². The topological polar surface area (TPSA) is 33.6 Å². The van der Waals surface area contributed by atoms with Gasteiger partial charge in [-0.2, -0.15) is 5.10 Å². The molecule has 0 saturated heterocycles. The van der Waals surface area contributed by atoms with Crippen molar-refractivity contribution in [1.82, 2.24) is 0 Å². The van der Waals surface area contributed by atoms with Gasteiger partial charge < -0.3 is 4.74 Å². The fourth-order valence-corrected chi connectivity index (χ4v) is 2.66. The highest BCUT2D eigenvalue weighted by molar-refractivity contribution is 6.31. The predicted octanol–water partition coefficient (Wildman–Crippen LogP) is 5.35. The molecule has 0 bridgehead atoms. The summed E-state index contributed by atoms with van der Waals surface area (Å²) in [5, 5.41) is 4.75. The van der Waals surface area contributed by atoms with Gasteiger partial charge in [-0.15, -0.1) is 0 Å². The van der Waals surface area contributed by atoms with E-state index in [4.69, 9.17) is 16.3 Å². The SMILES string of the molecule is COc1c(F)cc(Cl)cc1NN=C(c1ccccc1)c1ccccc1. The number of nitrogens with one attached hydrogen (secondary N) is 1. The van der Waals surface area contributed by atoms with E-state index < -0.39 is 5.82 Å². The number of nitrogens with zero attached hydrogens (tertiary/aromatic N) is 1. The van der Waals surface area contributed by atoms with Crippen LogP contribution in [0.2, 0.25) is 5.02 Å². The standard InChI is InChI=1S/C20H16ClFN2O/c1-25-20-17(22)12-16(21)13-18(20)23-24-19(14-8-4-2-5-9-14)15-10-6-3-7-11-15/h2-13,23H,1H3. The molecule has 3 rings (SSSR count). The molecule has 0 saturated carbocycles. The Morgan fingerprint density at radius 2 is 1.52 bits per heavy atom. The zero-order valence-electron chi connectivity index (χ0n) is 13.5. The van der Waals surface area contributed by atoms with Gasteiger partial charge in [-0.25, -0.2) is 4.39 Å². The van der Waals surface area contributed by atoms with E-state index in [1.54, 1.807) is 6.07 Å². The van der Waals surface area contributed by atoms with E-state index in [1.807, 2.05) is 60.7 Å². The summed E-state index contributed by atoms with van der Waals surface area (Å²) in [6.07, 6.45) is 0. The number of ether oxygens (including phenoxy) is 1. The second-order valence-corrected chi connectivity index (χ2v) is 5.71. The number of hydrazone groups is 1. The maximum Gasteiger partial charge on any atom is 0.179 e. The molecule has 25 heavy (non-hydrogen) atoms. The van der Waals surface area contributed by atoms with Crippen LogP contribution >= 0.6 is 11.6 Å². The molecular weight excluding hydrogens is 339 g/mol. The molecule has 0 atom stereocenters. The van der Waals surface area contributed by atoms with Crippen molar-refractivity contribution in [2.24, 2.45) is 5.10 Å². The average molecular weight is 355 g/mol. The van der Waals surface area contributed by atoms with E-state index in [-0.39, 0.29) is 10.8 Å². The van der Waals surface area contributed by atoms with E-state index in [1.165, 1.54) is 13.2 Å². The van der Waals surface area contributed by atoms with Crippen molar-refractivity contribution in [2.75, 3.05) is 12.5 Å². The molecule has 0 aliphatic carbocycles. The molecule has 126 valence electrons. The summed E-state index contributed by atoms with van der Waals surface area (Å²) in [6, 6.07) is 22.2. The molecule has 3 aromatic carbocycles. The molecule has 0 aromatic heterocycles. The van der Waals surface area contributed by atoms with Gasteiger partial charge in [0.05, 0.1) is 12.8 Å². The second kappa shape index (κ2) is 7.81. The predicted molar refractivity (Wildman–Crippen MR) is 100 cm³/mol. The van der Waals surface area contributed by atoms with Crippen molar-refractivity contribution in [3.63, 3.8) is 0 Å². The Morgan fingerprint density at radius 1 is 0.960 bits per heavy atom. The maximum absolute atomic E-state index is 14.0. The number of hydrogen-bond acceptors (Lipinski definition) is 3. The minimum absolute atomic E-state index is 0.0635. The van der Waals surface area contributed by atoms with Crippen LogP contribution in [0.5, 0.6) is 5.75 Å². The van der Waals surface area contributed by atoms with Crippen molar-refractivity contribution in [2.45, 2.75) is 0 Å². The Bertz CT molecular complexity index is 841. The molecule has 0 spiro atoms. The first kappa shape index (κ1) is 17.0. The Morgan fingerprint density at radius 3 is 2.04 bits per heavy atom. The van der Waals surface area contributed by atoms with Gasteiger partial charge in [0.2, 0.25) is 0 Å². The number of halogens is 2. The van der Waals surface area contributed by atoms with Gasteiger partial charge >= 0.3 is 0 Å². The molecule has 3 aromatic rings. The number of methoxy groups -OCH3 is 1. The largest absolute Gasteiger partial charge is 0.492 e. The number of rotatable bonds is 5. The van der Waals surface area contributed by atoms with Gasteiger partial charge in [-0.1, -0.05) is 72.3 Å². The van der Waals surface area contributed by atoms with Crippen LogP contribution in [0.4, 0.5) is 10.1 Å². The molecule has 0 radical (unpaired) electrons. The van der Waals surface area contributed by atoms with Gasteiger partial charge in [0, 0.05) is 16.1 Å². The summed E-state index contributed by atoms with van der Waals surface area (Å²) in [6.45, 7) is 0. The first-order valence-electron chi connectivity index (χ1n) is 7.66. The van der Waals surface area contributed by atoms with Crippen LogP contribution in [-0.2, 0) is 0 Å². The number of benzene rings is 3. The molecule has 0 aliphatic heterocycles. The third kappa shape index (κ3) is 3.98. The molecule has 0 fully saturated rings. The van der Waals surface area contributed by atoms with Gasteiger partial charge in [0.1, 0.15) is 5.69 Å². The van der Waals surface area contributed by atoms with Crippen LogP contribution in [0.25, 0.3) is 0 Å². The molecule has 3 nitrogen and oxygen atoms in total. The lowest BCUT2D eigenvalue weighted by Gasteiger charge is -2.12. The zero-order chi connectivity index (χ0) is 17.6. The van der Waals surface area contributed by atoms with Crippen LogP contribution in [0.15, 0.2) is 77.9 Å². The van der Waals surface area contributed by atoms with Gasteiger partial charge in [-0.05, 0) is 12.1 Å². The van der Waals surface area contributed by atoms with Gasteiger partial charge in [0.25, 0.3) is 0 Å². The number of hydrogen-bond donors (Lipinski definition) is 1. The first-order valence-corrected chi connectivity index (χ1v) is 8.04. The molecule has 0 unspecified atom stereocenters. The quantitative estimate of drug-likeness (QED) is 0.495. The summed E-state index contributed by atoms with van der Waals surface area (Å²) in [5.41, 5.74) is 5.83. The Balaban J connectivity index is 2.04. The third-order valence-electron chi connectivity index (χ3n) is 3.60. The average Bonchev–Trinajstić information content (AvgIpc) is 2.63. The minimum atomic E-state index is -0.548. The summed E-state index contributed by atoms with van der Waals surface area (Å²) < 4.78 is 19.1. The van der Waals surface area contributed by atoms with E-state index in [9.17, 15) is 4.39 Å². The van der Waals surface area contributed by atoms with Crippen LogP contribution in [0.1, 0.15) is 11.1 Å². The lowest BCUT2D eigenvalue weighted by Crippen LogP contribution is -2.07. The van der Waals surface area contributed by atoms with Gasteiger partial charge in [0.15, 0.2) is 11.6 Å². The molecule has 1 N–H and O–H groups in total. The fourth-order valence-electron chi connectivity index (χ4n) is 2.45. The van der Waals surface area contributed by atoms with E-state index in [0.717, 1.165) is 16.8 Å². The lowest BCUT2D eigenvalue weighted by molar-refractivity contribution is 0.388. The molecular formula is C20H16ClFN2O. The Hall–Kier alpha value is -2.85. The molecule has 0 aliphatic rings. The Kier molecular flexibility index (Phi) is 5.31. The summed E-state index contributed by atoms with van der Waals surface area (Å²) in [5.74, 6) is -0.484. The van der Waals surface area contributed by atoms with E-state index in [0.29, 0.717) is 5.69 Å². The van der Waals surface area contributed by atoms with Crippen LogP contribution in [-0.4, -0.2) is 12.8 Å². The van der Waals surface area contributed by atoms with E-state index in [2.05, 4.69) is 10.5 Å². The van der Waals surface area contributed by atoms with Crippen LogP contribution in [0, 0.1) is 5.82 Å². The maximum atomic E-state index is 14.0. The van der Waals surface area contributed by atoms with Crippen LogP contribution < -0.4 is 10.2 Å². The van der Waals surface area contributed by atoms with Crippen molar-refractivity contribution in [1.29, 1.82) is 0 Å². The molecule has 5 heteroatoms. The van der Waals surface area contributed by atoms with Gasteiger partial charge in [-0.3, -0.25) is 5.43 Å². The van der Waals surface area contributed by atoms with Crippen molar-refractivity contribution in [3.8, 4) is 5.75 Å². The highest BCUT2D eigenvalue weighted by Gasteiger charge is 2.12. The summed E-state index contributed by atoms with van der Waals surface area (Å²) >= 11 is 5.94. The molecule has 0 heterocycles. The highest BCUT2D eigenvalue weighted by Crippen LogP contribution is 2.31. The smallest absolute Gasteiger partial charge is 0.179 e. The lowest BCUT2D eigenvalue weighted by atomic mass is 10.0. The fraction of sp³-hybridized carbons (Fsp3) is 0.0500. The van der Waals surface area contributed by atoms with Crippen molar-refractivity contribution < 1.29 is 9.13 Å². The van der Waals surface area contributed by atoms with Crippen LogP contribution in [0.3, 0.4) is 0 Å². The van der Waals surface area contributed by atoms with Crippen molar-refractivity contribution in [3.05, 3.63) is 94.8 Å². The normalized spacial score (nSPS) is 10.2.